The predicted molar refractivity (Wildman–Crippen MR) is 80.9 cm³/mol. The number of likely N-dealkylation sites (tertiary alicyclic amines) is 1. The van der Waals surface area contributed by atoms with E-state index in [0.29, 0.717) is 12.3 Å². The number of hydrogen-bond donors (Lipinski definition) is 2. The lowest BCUT2D eigenvalue weighted by Crippen LogP contribution is -2.36. The molecule has 1 fully saturated rings. The van der Waals surface area contributed by atoms with Gasteiger partial charge in [-0.05, 0) is 58.9 Å². The molecule has 1 rings (SSSR count). The second-order valence-corrected chi connectivity index (χ2v) is 4.76. The molecule has 0 aromatic heterocycles. The zero-order chi connectivity index (χ0) is 11.8. The molecule has 1 heterocycles. The maximum Gasteiger partial charge on any atom is 0.220 e. The molecule has 0 bridgehead atoms. The van der Waals surface area contributed by atoms with Gasteiger partial charge in [0.2, 0.25) is 5.91 Å². The van der Waals surface area contributed by atoms with Crippen LogP contribution < -0.4 is 10.6 Å². The van der Waals surface area contributed by atoms with Crippen LogP contribution >= 0.6 is 24.8 Å². The third-order valence-corrected chi connectivity index (χ3v) is 3.26. The minimum absolute atomic E-state index is 0. The number of hydrogen-bond acceptors (Lipinski definition) is 3. The topological polar surface area (TPSA) is 44.4 Å². The minimum Gasteiger partial charge on any atom is -0.356 e. The van der Waals surface area contributed by atoms with Crippen LogP contribution in [0.4, 0.5) is 0 Å². The number of carbonyl (C=O) groups excluding carboxylic acids is 1. The quantitative estimate of drug-likeness (QED) is 0.727. The monoisotopic (exact) mass is 299 g/mol. The van der Waals surface area contributed by atoms with Crippen molar-refractivity contribution in [2.75, 3.05) is 40.3 Å². The van der Waals surface area contributed by atoms with Crippen LogP contribution in [0.25, 0.3) is 0 Å². The SMILES string of the molecule is CNCCCC(=O)NCC1CCN(C)CC1.Cl.Cl. The van der Waals surface area contributed by atoms with Gasteiger partial charge in [-0.25, -0.2) is 0 Å². The summed E-state index contributed by atoms with van der Waals surface area (Å²) in [6.45, 7) is 4.12. The molecular weight excluding hydrogens is 273 g/mol. The summed E-state index contributed by atoms with van der Waals surface area (Å²) in [5.41, 5.74) is 0. The molecule has 1 aliphatic rings. The van der Waals surface area contributed by atoms with Gasteiger partial charge in [0.05, 0.1) is 0 Å². The number of rotatable bonds is 6. The van der Waals surface area contributed by atoms with Gasteiger partial charge in [-0.15, -0.1) is 24.8 Å². The van der Waals surface area contributed by atoms with Crippen LogP contribution in [0.15, 0.2) is 0 Å². The Morgan fingerprint density at radius 3 is 2.44 bits per heavy atom. The van der Waals surface area contributed by atoms with Gasteiger partial charge in [0, 0.05) is 13.0 Å². The van der Waals surface area contributed by atoms with Gasteiger partial charge in [-0.1, -0.05) is 0 Å². The van der Waals surface area contributed by atoms with Crippen molar-refractivity contribution in [3.05, 3.63) is 0 Å². The van der Waals surface area contributed by atoms with Crippen molar-refractivity contribution in [1.29, 1.82) is 0 Å². The summed E-state index contributed by atoms with van der Waals surface area (Å²) in [6.07, 6.45) is 4.00. The Morgan fingerprint density at radius 1 is 1.28 bits per heavy atom. The molecule has 4 nitrogen and oxygen atoms in total. The highest BCUT2D eigenvalue weighted by Gasteiger charge is 2.16. The predicted octanol–water partition coefficient (Wildman–Crippen LogP) is 1.29. The molecular formula is C12H27Cl2N3O. The van der Waals surface area contributed by atoms with E-state index < -0.39 is 0 Å². The zero-order valence-corrected chi connectivity index (χ0v) is 13.0. The van der Waals surface area contributed by atoms with E-state index in [1.54, 1.807) is 0 Å². The Morgan fingerprint density at radius 2 is 1.89 bits per heavy atom. The average Bonchev–Trinajstić information content (AvgIpc) is 2.29. The fourth-order valence-electron chi connectivity index (χ4n) is 2.04. The molecule has 0 aliphatic carbocycles. The Bertz CT molecular complexity index is 209. The van der Waals surface area contributed by atoms with Crippen LogP contribution in [0.5, 0.6) is 0 Å². The molecule has 1 amide bonds. The second-order valence-electron chi connectivity index (χ2n) is 4.76. The van der Waals surface area contributed by atoms with E-state index in [0.717, 1.165) is 19.5 Å². The third kappa shape index (κ3) is 8.97. The van der Waals surface area contributed by atoms with Crippen LogP contribution in [0, 0.1) is 5.92 Å². The van der Waals surface area contributed by atoms with Gasteiger partial charge in [-0.2, -0.15) is 0 Å². The first kappa shape index (κ1) is 20.3. The van der Waals surface area contributed by atoms with Crippen molar-refractivity contribution in [1.82, 2.24) is 15.5 Å². The van der Waals surface area contributed by atoms with E-state index in [2.05, 4.69) is 22.6 Å². The Balaban J connectivity index is 0. The van der Waals surface area contributed by atoms with Gasteiger partial charge in [0.15, 0.2) is 0 Å². The first-order valence-electron chi connectivity index (χ1n) is 6.32. The molecule has 0 aromatic rings. The van der Waals surface area contributed by atoms with Crippen LogP contribution in [-0.2, 0) is 4.79 Å². The van der Waals surface area contributed by atoms with Crippen LogP contribution in [-0.4, -0.2) is 51.1 Å². The van der Waals surface area contributed by atoms with E-state index >= 15 is 0 Å². The van der Waals surface area contributed by atoms with Crippen molar-refractivity contribution in [2.24, 2.45) is 5.92 Å². The molecule has 110 valence electrons. The van der Waals surface area contributed by atoms with Crippen LogP contribution in [0.2, 0.25) is 0 Å². The fraction of sp³-hybridized carbons (Fsp3) is 0.917. The van der Waals surface area contributed by atoms with Crippen molar-refractivity contribution in [3.63, 3.8) is 0 Å². The lowest BCUT2D eigenvalue weighted by Gasteiger charge is -2.28. The molecule has 0 unspecified atom stereocenters. The van der Waals surface area contributed by atoms with Crippen molar-refractivity contribution in [3.8, 4) is 0 Å². The van der Waals surface area contributed by atoms with Crippen LogP contribution in [0.1, 0.15) is 25.7 Å². The molecule has 2 N–H and O–H groups in total. The van der Waals surface area contributed by atoms with E-state index in [4.69, 9.17) is 0 Å². The number of halogens is 2. The summed E-state index contributed by atoms with van der Waals surface area (Å²) < 4.78 is 0. The van der Waals surface area contributed by atoms with Gasteiger partial charge in [0.25, 0.3) is 0 Å². The number of piperidine rings is 1. The summed E-state index contributed by atoms with van der Waals surface area (Å²) in [5, 5.41) is 6.09. The zero-order valence-electron chi connectivity index (χ0n) is 11.4. The third-order valence-electron chi connectivity index (χ3n) is 3.26. The Kier molecular flexibility index (Phi) is 13.6. The van der Waals surface area contributed by atoms with E-state index in [1.165, 1.54) is 25.9 Å². The summed E-state index contributed by atoms with van der Waals surface area (Å²) in [7, 11) is 4.07. The number of amides is 1. The van der Waals surface area contributed by atoms with E-state index in [1.807, 2.05) is 7.05 Å². The van der Waals surface area contributed by atoms with Crippen molar-refractivity contribution < 1.29 is 4.79 Å². The number of nitrogens with zero attached hydrogens (tertiary/aromatic N) is 1. The fourth-order valence-corrected chi connectivity index (χ4v) is 2.04. The Hall–Kier alpha value is -0.0300. The van der Waals surface area contributed by atoms with Crippen LogP contribution in [0.3, 0.4) is 0 Å². The summed E-state index contributed by atoms with van der Waals surface area (Å²) >= 11 is 0. The van der Waals surface area contributed by atoms with E-state index in [-0.39, 0.29) is 30.7 Å². The maximum absolute atomic E-state index is 11.5. The van der Waals surface area contributed by atoms with E-state index in [9.17, 15) is 4.79 Å². The lowest BCUT2D eigenvalue weighted by atomic mass is 9.97. The smallest absolute Gasteiger partial charge is 0.220 e. The van der Waals surface area contributed by atoms with Crippen molar-refractivity contribution in [2.45, 2.75) is 25.7 Å². The standard InChI is InChI=1S/C12H25N3O.2ClH/c1-13-7-3-4-12(16)14-10-11-5-8-15(2)9-6-11;;/h11,13H,3-10H2,1-2H3,(H,14,16);2*1H. The summed E-state index contributed by atoms with van der Waals surface area (Å²) in [6, 6.07) is 0. The lowest BCUT2D eigenvalue weighted by molar-refractivity contribution is -0.121. The average molecular weight is 300 g/mol. The molecule has 0 atom stereocenters. The minimum atomic E-state index is 0. The first-order chi connectivity index (χ1) is 7.72. The Labute approximate surface area is 123 Å². The summed E-state index contributed by atoms with van der Waals surface area (Å²) in [5.74, 6) is 0.888. The van der Waals surface area contributed by atoms with Gasteiger partial charge >= 0.3 is 0 Å². The molecule has 0 saturated carbocycles. The van der Waals surface area contributed by atoms with Gasteiger partial charge in [0.1, 0.15) is 0 Å². The van der Waals surface area contributed by atoms with Gasteiger partial charge < -0.3 is 15.5 Å². The molecule has 1 saturated heterocycles. The molecule has 0 spiro atoms. The largest absolute Gasteiger partial charge is 0.356 e. The molecule has 18 heavy (non-hydrogen) atoms. The summed E-state index contributed by atoms with van der Waals surface area (Å²) in [4.78, 5) is 13.8. The van der Waals surface area contributed by atoms with Gasteiger partial charge in [-0.3, -0.25) is 4.79 Å². The normalized spacial score (nSPS) is 16.6. The number of carbonyl (C=O) groups is 1. The molecule has 1 aliphatic heterocycles. The van der Waals surface area contributed by atoms with Crippen molar-refractivity contribution >= 4 is 30.7 Å². The molecule has 6 heteroatoms. The molecule has 0 aromatic carbocycles. The number of nitrogens with one attached hydrogen (secondary N) is 2. The second kappa shape index (κ2) is 12.0. The molecule has 0 radical (unpaired) electrons. The highest BCUT2D eigenvalue weighted by molar-refractivity contribution is 5.85. The highest BCUT2D eigenvalue weighted by Crippen LogP contribution is 2.14. The highest BCUT2D eigenvalue weighted by atomic mass is 35.5. The maximum atomic E-state index is 11.5. The first-order valence-corrected chi connectivity index (χ1v) is 6.32.